The Labute approximate surface area is 196 Å². The van der Waals surface area contributed by atoms with E-state index in [0.717, 1.165) is 15.2 Å². The van der Waals surface area contributed by atoms with Crippen molar-refractivity contribution in [2.45, 2.75) is 37.4 Å². The lowest BCUT2D eigenvalue weighted by Crippen LogP contribution is -2.53. The number of ether oxygens (including phenoxy) is 1. The molecule has 13 nitrogen and oxygen atoms in total. The molecular weight excluding hydrogens is 464 g/mol. The molecule has 1 fully saturated rings. The number of aliphatic hydroxyl groups is 3. The highest BCUT2D eigenvalue weighted by Crippen LogP contribution is 2.38. The van der Waals surface area contributed by atoms with E-state index in [9.17, 15) is 20.1 Å². The van der Waals surface area contributed by atoms with E-state index in [2.05, 4.69) is 30.7 Å². The molecular formula is C20H22N8O5S. The Morgan fingerprint density at radius 3 is 2.88 bits per heavy atom. The van der Waals surface area contributed by atoms with Crippen LogP contribution in [0.25, 0.3) is 15.9 Å². The number of rotatable bonds is 5. The number of benzene rings is 1. The molecule has 0 saturated carbocycles. The summed E-state index contributed by atoms with van der Waals surface area (Å²) >= 11 is 1.54. The van der Waals surface area contributed by atoms with Gasteiger partial charge < -0.3 is 25.4 Å². The van der Waals surface area contributed by atoms with E-state index in [4.69, 9.17) is 4.74 Å². The van der Waals surface area contributed by atoms with Gasteiger partial charge >= 0.3 is 0 Å². The minimum absolute atomic E-state index is 0.0156. The van der Waals surface area contributed by atoms with Crippen LogP contribution in [0, 0.1) is 6.92 Å². The van der Waals surface area contributed by atoms with E-state index in [0.29, 0.717) is 5.69 Å². The molecule has 0 radical (unpaired) electrons. The van der Waals surface area contributed by atoms with Gasteiger partial charge in [0.25, 0.3) is 5.91 Å². The van der Waals surface area contributed by atoms with E-state index >= 15 is 0 Å². The van der Waals surface area contributed by atoms with Crippen LogP contribution in [0.3, 0.4) is 0 Å². The van der Waals surface area contributed by atoms with Crippen LogP contribution in [-0.2, 0) is 4.74 Å². The zero-order valence-electron chi connectivity index (χ0n) is 18.2. The molecule has 34 heavy (non-hydrogen) atoms. The third-order valence-electron chi connectivity index (χ3n) is 5.72. The number of hydrogen-bond donors (Lipinski definition) is 4. The monoisotopic (exact) mass is 486 g/mol. The van der Waals surface area contributed by atoms with Gasteiger partial charge in [-0.15, -0.1) is 16.4 Å². The van der Waals surface area contributed by atoms with E-state index in [-0.39, 0.29) is 11.5 Å². The van der Waals surface area contributed by atoms with Gasteiger partial charge in [0.15, 0.2) is 11.5 Å². The average molecular weight is 487 g/mol. The number of nitrogens with one attached hydrogen (secondary N) is 1. The molecule has 1 aliphatic heterocycles. The molecule has 1 aromatic carbocycles. The molecule has 0 bridgehead atoms. The van der Waals surface area contributed by atoms with Gasteiger partial charge in [-0.05, 0) is 25.1 Å². The van der Waals surface area contributed by atoms with Gasteiger partial charge in [-0.1, -0.05) is 5.21 Å². The van der Waals surface area contributed by atoms with Crippen LogP contribution in [0.2, 0.25) is 0 Å². The number of amides is 1. The first kappa shape index (κ1) is 22.5. The van der Waals surface area contributed by atoms with Crippen molar-refractivity contribution in [2.75, 3.05) is 13.7 Å². The molecule has 4 heterocycles. The Kier molecular flexibility index (Phi) is 5.83. The molecule has 0 unspecified atom stereocenters. The summed E-state index contributed by atoms with van der Waals surface area (Å²) in [5.41, 5.74) is 1.57. The molecule has 178 valence electrons. The normalized spacial score (nSPS) is 25.0. The molecule has 5 atom stereocenters. The second-order valence-electron chi connectivity index (χ2n) is 7.83. The molecule has 0 spiro atoms. The lowest BCUT2D eigenvalue weighted by Gasteiger charge is -2.41. The Bertz CT molecular complexity index is 1340. The van der Waals surface area contributed by atoms with E-state index in [1.165, 1.54) is 28.9 Å². The van der Waals surface area contributed by atoms with Crippen molar-refractivity contribution in [2.24, 2.45) is 0 Å². The molecule has 4 N–H and O–H groups in total. The maximum Gasteiger partial charge on any atom is 0.273 e. The smallest absolute Gasteiger partial charge is 0.273 e. The van der Waals surface area contributed by atoms with Crippen molar-refractivity contribution in [3.8, 4) is 5.69 Å². The van der Waals surface area contributed by atoms with E-state index in [1.807, 2.05) is 25.1 Å². The van der Waals surface area contributed by atoms with Crippen molar-refractivity contribution < 1.29 is 24.9 Å². The standard InChI is InChI=1S/C20H22N8O5S/c1-9-24-11-4-3-10(5-14(11)34-9)28-19(22-8-23-28)18-17(31)15(16(30)13(7-29)33-18)27-6-12(25-26-27)20(32)21-2/h3-6,8,13,15-18,29-31H,7H2,1-2H3,(H,21,32)/t13-,15+,16+,17-,18-/m1/s1. The molecule has 1 aliphatic rings. The number of aliphatic hydroxyl groups excluding tert-OH is 3. The van der Waals surface area contributed by atoms with Crippen LogP contribution in [0.1, 0.15) is 33.5 Å². The number of aromatic nitrogens is 7. The predicted molar refractivity (Wildman–Crippen MR) is 118 cm³/mol. The molecule has 3 aromatic heterocycles. The highest BCUT2D eigenvalue weighted by molar-refractivity contribution is 7.18. The molecule has 0 aliphatic carbocycles. The number of fused-ring (bicyclic) bond motifs is 1. The van der Waals surface area contributed by atoms with Crippen LogP contribution >= 0.6 is 11.3 Å². The van der Waals surface area contributed by atoms with Gasteiger partial charge in [0, 0.05) is 7.05 Å². The summed E-state index contributed by atoms with van der Waals surface area (Å²) in [5, 5.41) is 47.3. The molecule has 1 amide bonds. The van der Waals surface area contributed by atoms with Gasteiger partial charge in [0.2, 0.25) is 0 Å². The van der Waals surface area contributed by atoms with Crippen LogP contribution in [0.5, 0.6) is 0 Å². The highest BCUT2D eigenvalue weighted by Gasteiger charge is 2.48. The zero-order chi connectivity index (χ0) is 24.0. The van der Waals surface area contributed by atoms with Gasteiger partial charge in [0.05, 0.1) is 33.7 Å². The fourth-order valence-electron chi connectivity index (χ4n) is 4.09. The molecule has 1 saturated heterocycles. The van der Waals surface area contributed by atoms with Gasteiger partial charge in [-0.2, -0.15) is 5.10 Å². The van der Waals surface area contributed by atoms with E-state index in [1.54, 1.807) is 11.3 Å². The van der Waals surface area contributed by atoms with Crippen molar-refractivity contribution in [3.05, 3.63) is 47.2 Å². The molecule has 5 rings (SSSR count). The van der Waals surface area contributed by atoms with Crippen LogP contribution in [0.15, 0.2) is 30.7 Å². The largest absolute Gasteiger partial charge is 0.394 e. The first-order chi connectivity index (χ1) is 16.4. The minimum Gasteiger partial charge on any atom is -0.394 e. The SMILES string of the molecule is CNC(=O)c1cn([C@H]2[C@@H](O)[C@@H](CO)O[C@@H](c3ncnn3-c3ccc4nc(C)sc4c3)[C@@H]2O)nn1. The first-order valence-electron chi connectivity index (χ1n) is 10.4. The van der Waals surface area contributed by atoms with Crippen molar-refractivity contribution in [3.63, 3.8) is 0 Å². The highest BCUT2D eigenvalue weighted by atomic mass is 32.1. The third-order valence-corrected chi connectivity index (χ3v) is 6.65. The Morgan fingerprint density at radius 1 is 1.29 bits per heavy atom. The Morgan fingerprint density at radius 2 is 2.12 bits per heavy atom. The summed E-state index contributed by atoms with van der Waals surface area (Å²) < 4.78 is 9.56. The fraction of sp³-hybridized carbons (Fsp3) is 0.400. The quantitative estimate of drug-likeness (QED) is 0.289. The maximum absolute atomic E-state index is 11.9. The summed E-state index contributed by atoms with van der Waals surface area (Å²) in [4.78, 5) is 20.7. The lowest BCUT2D eigenvalue weighted by molar-refractivity contribution is -0.210. The maximum atomic E-state index is 11.9. The number of aryl methyl sites for hydroxylation is 1. The molecule has 4 aromatic rings. The topological polar surface area (TPSA) is 173 Å². The fourth-order valence-corrected chi connectivity index (χ4v) is 4.95. The second-order valence-corrected chi connectivity index (χ2v) is 9.06. The zero-order valence-corrected chi connectivity index (χ0v) is 19.0. The number of carbonyl (C=O) groups is 1. The molecule has 14 heteroatoms. The van der Waals surface area contributed by atoms with Crippen LogP contribution < -0.4 is 5.32 Å². The lowest BCUT2D eigenvalue weighted by atomic mass is 9.92. The van der Waals surface area contributed by atoms with Gasteiger partial charge in [-0.3, -0.25) is 4.79 Å². The number of nitrogens with zero attached hydrogens (tertiary/aromatic N) is 7. The Hall–Kier alpha value is -3.30. The minimum atomic E-state index is -1.35. The first-order valence-corrected chi connectivity index (χ1v) is 11.3. The van der Waals surface area contributed by atoms with Gasteiger partial charge in [-0.25, -0.2) is 19.3 Å². The summed E-state index contributed by atoms with van der Waals surface area (Å²) in [5.74, 6) is -0.193. The average Bonchev–Trinajstić information content (AvgIpc) is 3.57. The van der Waals surface area contributed by atoms with E-state index < -0.39 is 43.0 Å². The van der Waals surface area contributed by atoms with Crippen LogP contribution in [-0.4, -0.2) is 87.9 Å². The predicted octanol–water partition coefficient (Wildman–Crippen LogP) is -0.468. The van der Waals surface area contributed by atoms with Crippen molar-refractivity contribution in [1.29, 1.82) is 0 Å². The Balaban J connectivity index is 1.53. The number of carbonyl (C=O) groups excluding carboxylic acids is 1. The summed E-state index contributed by atoms with van der Waals surface area (Å²) in [6, 6.07) is 4.54. The number of hydrogen-bond acceptors (Lipinski definition) is 11. The number of thiazole rings is 1. The summed E-state index contributed by atoms with van der Waals surface area (Å²) in [7, 11) is 1.45. The summed E-state index contributed by atoms with van der Waals surface area (Å²) in [6.07, 6.45) is -2.15. The summed E-state index contributed by atoms with van der Waals surface area (Å²) in [6.45, 7) is 1.41. The van der Waals surface area contributed by atoms with Crippen molar-refractivity contribution in [1.82, 2.24) is 40.1 Å². The van der Waals surface area contributed by atoms with Crippen molar-refractivity contribution >= 4 is 27.5 Å². The third kappa shape index (κ3) is 3.74. The van der Waals surface area contributed by atoms with Crippen LogP contribution in [0.4, 0.5) is 0 Å². The van der Waals surface area contributed by atoms with Gasteiger partial charge in [0.1, 0.15) is 36.8 Å². The second kappa shape index (κ2) is 8.81.